The molecule has 9 heteroatoms. The molecule has 0 aliphatic carbocycles. The van der Waals surface area contributed by atoms with Crippen LogP contribution in [0.25, 0.3) is 0 Å². The van der Waals surface area contributed by atoms with Gasteiger partial charge in [-0.2, -0.15) is 0 Å². The van der Waals surface area contributed by atoms with Crippen molar-refractivity contribution in [3.63, 3.8) is 0 Å². The largest absolute Gasteiger partial charge is 0.462 e. The number of ether oxygens (including phenoxy) is 2. The van der Waals surface area contributed by atoms with Crippen molar-refractivity contribution in [1.29, 1.82) is 0 Å². The van der Waals surface area contributed by atoms with Crippen LogP contribution in [0, 0.1) is 12.3 Å². The second-order valence-corrected chi connectivity index (χ2v) is 8.20. The third-order valence-electron chi connectivity index (χ3n) is 4.59. The molecule has 1 amide bonds. The van der Waals surface area contributed by atoms with E-state index in [-0.39, 0.29) is 18.5 Å². The number of aliphatic hydroxyl groups is 2. The van der Waals surface area contributed by atoms with Gasteiger partial charge in [0.25, 0.3) is 5.91 Å². The number of nitrogens with one attached hydrogen (secondary N) is 1. The lowest BCUT2D eigenvalue weighted by molar-refractivity contribution is -0.235. The quantitative estimate of drug-likeness (QED) is 0.253. The molecule has 1 saturated heterocycles. The van der Waals surface area contributed by atoms with Gasteiger partial charge in [0, 0.05) is 31.1 Å². The van der Waals surface area contributed by atoms with E-state index >= 15 is 0 Å². The van der Waals surface area contributed by atoms with Crippen molar-refractivity contribution in [3.8, 4) is 18.1 Å². The first-order valence-electron chi connectivity index (χ1n) is 9.62. The molecule has 1 fully saturated rings. The SMILES string of the molecule is C#CCCCCNC(=O)c1ccc(OC2O[C@H](CC[PH](=O)O)C[C@H](O)[C@@H]2O)cc1. The highest BCUT2D eigenvalue weighted by atomic mass is 31.1. The van der Waals surface area contributed by atoms with Crippen molar-refractivity contribution in [1.82, 2.24) is 5.32 Å². The van der Waals surface area contributed by atoms with Crippen molar-refractivity contribution >= 4 is 13.9 Å². The highest BCUT2D eigenvalue weighted by Gasteiger charge is 2.38. The van der Waals surface area contributed by atoms with E-state index in [0.717, 1.165) is 12.8 Å². The summed E-state index contributed by atoms with van der Waals surface area (Å²) in [7, 11) is -2.63. The van der Waals surface area contributed by atoms with E-state index in [1.165, 1.54) is 0 Å². The molecule has 2 rings (SSSR count). The van der Waals surface area contributed by atoms with Crippen LogP contribution in [0.15, 0.2) is 24.3 Å². The van der Waals surface area contributed by atoms with Gasteiger partial charge >= 0.3 is 0 Å². The summed E-state index contributed by atoms with van der Waals surface area (Å²) in [5.41, 5.74) is 0.463. The van der Waals surface area contributed by atoms with Gasteiger partial charge in [-0.1, -0.05) is 0 Å². The number of carbonyl (C=O) groups is 1. The lowest BCUT2D eigenvalue weighted by atomic mass is 10.0. The summed E-state index contributed by atoms with van der Waals surface area (Å²) in [5.74, 6) is 2.71. The van der Waals surface area contributed by atoms with Crippen LogP contribution in [0.5, 0.6) is 5.75 Å². The Morgan fingerprint density at radius 3 is 2.69 bits per heavy atom. The van der Waals surface area contributed by atoms with E-state index in [1.54, 1.807) is 24.3 Å². The summed E-state index contributed by atoms with van der Waals surface area (Å²) >= 11 is 0. The van der Waals surface area contributed by atoms with E-state index < -0.39 is 32.6 Å². The second kappa shape index (κ2) is 12.0. The Kier molecular flexibility index (Phi) is 9.65. The maximum absolute atomic E-state index is 12.1. The molecule has 160 valence electrons. The molecular formula is C20H28NO7P. The average molecular weight is 425 g/mol. The maximum Gasteiger partial charge on any atom is 0.251 e. The minimum absolute atomic E-state index is 0.0808. The lowest BCUT2D eigenvalue weighted by Crippen LogP contribution is -2.51. The predicted octanol–water partition coefficient (Wildman–Crippen LogP) is 1.29. The number of terminal acetylenes is 1. The number of hydrogen-bond acceptors (Lipinski definition) is 6. The molecule has 0 bridgehead atoms. The Morgan fingerprint density at radius 1 is 1.31 bits per heavy atom. The van der Waals surface area contributed by atoms with E-state index in [0.29, 0.717) is 30.7 Å². The van der Waals surface area contributed by atoms with E-state index in [1.807, 2.05) is 0 Å². The molecule has 0 aromatic heterocycles. The first kappa shape index (κ1) is 23.4. The molecule has 1 heterocycles. The fourth-order valence-electron chi connectivity index (χ4n) is 2.96. The Balaban J connectivity index is 1.87. The number of rotatable bonds is 10. The summed E-state index contributed by atoms with van der Waals surface area (Å²) < 4.78 is 22.2. The molecular weight excluding hydrogens is 397 g/mol. The fourth-order valence-corrected chi connectivity index (χ4v) is 3.53. The van der Waals surface area contributed by atoms with Gasteiger partial charge in [-0.05, 0) is 43.5 Å². The molecule has 2 unspecified atom stereocenters. The standard InChI is InChI=1S/C20H28NO7P/c1-2-3-4-5-11-21-19(24)14-6-8-15(9-7-14)27-20-18(23)17(22)13-16(28-20)10-12-29(25)26/h1,6-9,16-18,20,22-23,29H,3-5,10-13H2,(H,21,24)(H,25,26)/t16-,17+,18+,20?/m1/s1. The zero-order chi connectivity index (χ0) is 21.2. The fraction of sp³-hybridized carbons (Fsp3) is 0.550. The zero-order valence-electron chi connectivity index (χ0n) is 16.1. The summed E-state index contributed by atoms with van der Waals surface area (Å²) in [5, 5.41) is 22.9. The molecule has 8 nitrogen and oxygen atoms in total. The van der Waals surface area contributed by atoms with Crippen molar-refractivity contribution in [3.05, 3.63) is 29.8 Å². The van der Waals surface area contributed by atoms with Crippen molar-refractivity contribution in [2.75, 3.05) is 12.7 Å². The van der Waals surface area contributed by atoms with Gasteiger partial charge in [-0.3, -0.25) is 9.36 Å². The average Bonchev–Trinajstić information content (AvgIpc) is 2.70. The molecule has 1 aliphatic heterocycles. The third-order valence-corrected chi connectivity index (χ3v) is 5.30. The van der Waals surface area contributed by atoms with Crippen molar-refractivity contribution < 1.29 is 33.9 Å². The first-order valence-corrected chi connectivity index (χ1v) is 11.2. The number of carbonyl (C=O) groups excluding carboxylic acids is 1. The van der Waals surface area contributed by atoms with Gasteiger partial charge < -0.3 is 29.9 Å². The van der Waals surface area contributed by atoms with Crippen LogP contribution in [0.2, 0.25) is 0 Å². The van der Waals surface area contributed by atoms with Crippen molar-refractivity contribution in [2.45, 2.75) is 56.7 Å². The van der Waals surface area contributed by atoms with Crippen LogP contribution >= 0.6 is 8.03 Å². The van der Waals surface area contributed by atoms with Gasteiger partial charge in [0.15, 0.2) is 8.03 Å². The summed E-state index contributed by atoms with van der Waals surface area (Å²) in [6, 6.07) is 6.33. The molecule has 4 N–H and O–H groups in total. The van der Waals surface area contributed by atoms with Crippen LogP contribution in [0.3, 0.4) is 0 Å². The minimum Gasteiger partial charge on any atom is -0.462 e. The zero-order valence-corrected chi connectivity index (χ0v) is 17.1. The van der Waals surface area contributed by atoms with Crippen LogP contribution in [0.1, 0.15) is 42.5 Å². The molecule has 1 aromatic carbocycles. The first-order chi connectivity index (χ1) is 13.9. The molecule has 1 aromatic rings. The second-order valence-electron chi connectivity index (χ2n) is 6.91. The summed E-state index contributed by atoms with van der Waals surface area (Å²) in [6.45, 7) is 0.542. The highest BCUT2D eigenvalue weighted by molar-refractivity contribution is 7.37. The maximum atomic E-state index is 12.1. The van der Waals surface area contributed by atoms with Crippen LogP contribution < -0.4 is 10.1 Å². The topological polar surface area (TPSA) is 125 Å². The molecule has 0 spiro atoms. The number of benzene rings is 1. The van der Waals surface area contributed by atoms with E-state index in [4.69, 9.17) is 20.8 Å². The van der Waals surface area contributed by atoms with Gasteiger partial charge in [-0.25, -0.2) is 0 Å². The number of hydrogen-bond donors (Lipinski definition) is 4. The monoisotopic (exact) mass is 425 g/mol. The van der Waals surface area contributed by atoms with Gasteiger partial charge in [0.1, 0.15) is 11.9 Å². The molecule has 0 saturated carbocycles. The molecule has 29 heavy (non-hydrogen) atoms. The Labute approximate surface area is 171 Å². The number of aliphatic hydroxyl groups excluding tert-OH is 2. The van der Waals surface area contributed by atoms with Gasteiger partial charge in [-0.15, -0.1) is 12.3 Å². The predicted molar refractivity (Wildman–Crippen MR) is 108 cm³/mol. The van der Waals surface area contributed by atoms with Crippen LogP contribution in [-0.2, 0) is 9.30 Å². The van der Waals surface area contributed by atoms with Crippen LogP contribution in [0.4, 0.5) is 0 Å². The molecule has 1 aliphatic rings. The molecule has 5 atom stereocenters. The van der Waals surface area contributed by atoms with Crippen LogP contribution in [-0.4, -0.2) is 58.3 Å². The smallest absolute Gasteiger partial charge is 0.251 e. The Morgan fingerprint density at radius 2 is 2.03 bits per heavy atom. The Hall–Kier alpha value is -1.88. The summed E-state index contributed by atoms with van der Waals surface area (Å²) in [6.07, 6.45) is 4.17. The van der Waals surface area contributed by atoms with Gasteiger partial charge in [0.05, 0.1) is 12.2 Å². The summed E-state index contributed by atoms with van der Waals surface area (Å²) in [4.78, 5) is 21.1. The molecule has 0 radical (unpaired) electrons. The number of amides is 1. The minimum atomic E-state index is -2.63. The van der Waals surface area contributed by atoms with Gasteiger partial charge in [0.2, 0.25) is 6.29 Å². The number of unbranched alkanes of at least 4 members (excludes halogenated alkanes) is 2. The van der Waals surface area contributed by atoms with E-state index in [2.05, 4.69) is 11.2 Å². The lowest BCUT2D eigenvalue weighted by Gasteiger charge is -2.36. The highest BCUT2D eigenvalue weighted by Crippen LogP contribution is 2.27. The van der Waals surface area contributed by atoms with Crippen molar-refractivity contribution in [2.24, 2.45) is 0 Å². The van der Waals surface area contributed by atoms with E-state index in [9.17, 15) is 19.6 Å². The normalized spacial score (nSPS) is 25.0. The Bertz CT molecular complexity index is 719. The third kappa shape index (κ3) is 7.81.